The van der Waals surface area contributed by atoms with Crippen molar-refractivity contribution >= 4 is 20.8 Å². The summed E-state index contributed by atoms with van der Waals surface area (Å²) in [5.74, 6) is 1.80. The molecule has 0 bridgehead atoms. The van der Waals surface area contributed by atoms with Gasteiger partial charge in [0.1, 0.15) is 23.0 Å². The number of ether oxygens (including phenoxy) is 4. The van der Waals surface area contributed by atoms with Gasteiger partial charge in [-0.3, -0.25) is 4.79 Å². The van der Waals surface area contributed by atoms with Crippen LogP contribution in [0.15, 0.2) is 72.5 Å². The number of benzene rings is 3. The topological polar surface area (TPSA) is 63.2 Å². The standard InChI is InChI=1S/C26H23O6P/c1-28-17-11-9-16(10-12-17)26-22(15-7-5-4-6-8-15)24(27)25(32-33)23(26)21-19(30-3)13-18(29-2)14-20(21)31-26/h4-14,22H,33H2,1-3H3/t22-,26+/m1/s1. The zero-order chi connectivity index (χ0) is 23.2. The maximum atomic E-state index is 13.8. The Morgan fingerprint density at radius 3 is 2.18 bits per heavy atom. The van der Waals surface area contributed by atoms with Gasteiger partial charge in [0.25, 0.3) is 0 Å². The Balaban J connectivity index is 1.85. The highest BCUT2D eigenvalue weighted by molar-refractivity contribution is 7.10. The summed E-state index contributed by atoms with van der Waals surface area (Å²) in [4.78, 5) is 13.8. The molecule has 1 aliphatic carbocycles. The van der Waals surface area contributed by atoms with Crippen LogP contribution in [0, 0.1) is 0 Å². The Morgan fingerprint density at radius 1 is 0.879 bits per heavy atom. The van der Waals surface area contributed by atoms with Crippen molar-refractivity contribution < 1.29 is 28.3 Å². The quantitative estimate of drug-likeness (QED) is 0.487. The second-order valence-electron chi connectivity index (χ2n) is 7.80. The minimum absolute atomic E-state index is 0.162. The highest BCUT2D eigenvalue weighted by Crippen LogP contribution is 2.65. The lowest BCUT2D eigenvalue weighted by molar-refractivity contribution is -0.120. The molecular formula is C26H23O6P. The van der Waals surface area contributed by atoms with Crippen LogP contribution in [-0.2, 0) is 14.9 Å². The predicted octanol–water partition coefficient (Wildman–Crippen LogP) is 4.88. The van der Waals surface area contributed by atoms with Crippen molar-refractivity contribution in [3.05, 3.63) is 89.2 Å². The molecular weight excluding hydrogens is 439 g/mol. The zero-order valence-electron chi connectivity index (χ0n) is 18.5. The third-order valence-corrected chi connectivity index (χ3v) is 6.51. The molecule has 0 saturated heterocycles. The van der Waals surface area contributed by atoms with Crippen LogP contribution >= 0.6 is 9.47 Å². The fourth-order valence-electron chi connectivity index (χ4n) is 4.86. The van der Waals surface area contributed by atoms with Crippen LogP contribution in [-0.4, -0.2) is 27.1 Å². The van der Waals surface area contributed by atoms with Gasteiger partial charge in [0.05, 0.1) is 47.9 Å². The Labute approximate surface area is 194 Å². The molecule has 0 spiro atoms. The number of methoxy groups -OCH3 is 3. The first kappa shape index (κ1) is 21.4. The molecule has 1 aliphatic heterocycles. The highest BCUT2D eigenvalue weighted by atomic mass is 31.0. The molecule has 2 aliphatic rings. The average molecular weight is 462 g/mol. The van der Waals surface area contributed by atoms with Gasteiger partial charge in [0.15, 0.2) is 11.4 Å². The van der Waals surface area contributed by atoms with Crippen molar-refractivity contribution in [2.45, 2.75) is 11.5 Å². The van der Waals surface area contributed by atoms with E-state index in [1.54, 1.807) is 33.5 Å². The van der Waals surface area contributed by atoms with Gasteiger partial charge < -0.3 is 23.5 Å². The Morgan fingerprint density at radius 2 is 1.58 bits per heavy atom. The summed E-state index contributed by atoms with van der Waals surface area (Å²) < 4.78 is 28.9. The van der Waals surface area contributed by atoms with Crippen LogP contribution in [0.4, 0.5) is 0 Å². The number of fused-ring (bicyclic) bond motifs is 3. The number of carbonyl (C=O) groups excluding carboxylic acids is 1. The van der Waals surface area contributed by atoms with Crippen LogP contribution in [0.1, 0.15) is 22.6 Å². The van der Waals surface area contributed by atoms with Gasteiger partial charge in [-0.1, -0.05) is 42.5 Å². The van der Waals surface area contributed by atoms with Gasteiger partial charge in [0, 0.05) is 17.7 Å². The minimum Gasteiger partial charge on any atom is -0.497 e. The highest BCUT2D eigenvalue weighted by Gasteiger charge is 2.63. The van der Waals surface area contributed by atoms with Crippen molar-refractivity contribution in [1.29, 1.82) is 0 Å². The van der Waals surface area contributed by atoms with E-state index in [1.165, 1.54) is 0 Å². The van der Waals surface area contributed by atoms with E-state index < -0.39 is 11.5 Å². The molecule has 33 heavy (non-hydrogen) atoms. The lowest BCUT2D eigenvalue weighted by atomic mass is 9.75. The number of allylic oxidation sites excluding steroid dienone is 1. The van der Waals surface area contributed by atoms with Crippen LogP contribution in [0.2, 0.25) is 0 Å². The number of hydrogen-bond donors (Lipinski definition) is 0. The first-order valence-electron chi connectivity index (χ1n) is 10.4. The monoisotopic (exact) mass is 462 g/mol. The second-order valence-corrected chi connectivity index (χ2v) is 8.03. The number of rotatable bonds is 6. The maximum Gasteiger partial charge on any atom is 0.210 e. The van der Waals surface area contributed by atoms with E-state index in [-0.39, 0.29) is 11.5 Å². The maximum absolute atomic E-state index is 13.8. The molecule has 1 unspecified atom stereocenters. The molecule has 5 rings (SSSR count). The van der Waals surface area contributed by atoms with E-state index in [9.17, 15) is 4.79 Å². The van der Waals surface area contributed by atoms with Crippen molar-refractivity contribution in [2.75, 3.05) is 21.3 Å². The first-order chi connectivity index (χ1) is 16.1. The molecule has 0 radical (unpaired) electrons. The number of ketones is 1. The van der Waals surface area contributed by atoms with E-state index in [2.05, 4.69) is 9.47 Å². The van der Waals surface area contributed by atoms with Crippen molar-refractivity contribution in [3.8, 4) is 23.0 Å². The minimum atomic E-state index is -1.15. The van der Waals surface area contributed by atoms with E-state index in [4.69, 9.17) is 23.5 Å². The van der Waals surface area contributed by atoms with E-state index in [1.807, 2.05) is 54.6 Å². The van der Waals surface area contributed by atoms with Crippen LogP contribution in [0.5, 0.6) is 23.0 Å². The Bertz CT molecular complexity index is 1250. The molecule has 0 fully saturated rings. The number of carbonyl (C=O) groups is 1. The summed E-state index contributed by atoms with van der Waals surface area (Å²) >= 11 is 0. The SMILES string of the molecule is COc1ccc([C@@]23Oc4cc(OC)cc(OC)c4C2=C(OP)C(=O)[C@H]3c2ccccc2)cc1. The van der Waals surface area contributed by atoms with Gasteiger partial charge >= 0.3 is 0 Å². The van der Waals surface area contributed by atoms with Crippen LogP contribution in [0.25, 0.3) is 5.57 Å². The molecule has 168 valence electrons. The van der Waals surface area contributed by atoms with Gasteiger partial charge in [-0.05, 0) is 17.7 Å². The van der Waals surface area contributed by atoms with Gasteiger partial charge in [0.2, 0.25) is 5.78 Å². The van der Waals surface area contributed by atoms with E-state index in [0.717, 1.165) is 11.1 Å². The summed E-state index contributed by atoms with van der Waals surface area (Å²) in [6.07, 6.45) is 0. The molecule has 7 heteroatoms. The van der Waals surface area contributed by atoms with Crippen molar-refractivity contribution in [1.82, 2.24) is 0 Å². The lowest BCUT2D eigenvalue weighted by Gasteiger charge is -2.33. The third-order valence-electron chi connectivity index (χ3n) is 6.28. The number of Topliss-reactive ketones (excluding diaryl/α,β-unsaturated/α-hetero) is 1. The smallest absolute Gasteiger partial charge is 0.210 e. The van der Waals surface area contributed by atoms with Crippen molar-refractivity contribution in [3.63, 3.8) is 0 Å². The normalized spacial score (nSPS) is 20.7. The summed E-state index contributed by atoms with van der Waals surface area (Å²) in [6.45, 7) is 0. The molecule has 3 aromatic carbocycles. The number of hydrogen-bond acceptors (Lipinski definition) is 6. The Kier molecular flexibility index (Phi) is 5.26. The molecule has 3 atom stereocenters. The molecule has 0 saturated carbocycles. The molecule has 3 aromatic rings. The summed E-state index contributed by atoms with van der Waals surface area (Å²) in [7, 11) is 6.99. The molecule has 1 heterocycles. The molecule has 0 N–H and O–H groups in total. The van der Waals surface area contributed by atoms with E-state index >= 15 is 0 Å². The molecule has 0 amide bonds. The van der Waals surface area contributed by atoms with Gasteiger partial charge in [-0.2, -0.15) is 0 Å². The Hall–Kier alpha value is -3.50. The van der Waals surface area contributed by atoms with Crippen LogP contribution in [0.3, 0.4) is 0 Å². The fraction of sp³-hybridized carbons (Fsp3) is 0.192. The van der Waals surface area contributed by atoms with E-state index in [0.29, 0.717) is 34.1 Å². The van der Waals surface area contributed by atoms with Crippen LogP contribution < -0.4 is 18.9 Å². The lowest BCUT2D eigenvalue weighted by Crippen LogP contribution is -2.37. The average Bonchev–Trinajstić information content (AvgIpc) is 3.32. The van der Waals surface area contributed by atoms with Gasteiger partial charge in [-0.25, -0.2) is 0 Å². The van der Waals surface area contributed by atoms with Gasteiger partial charge in [-0.15, -0.1) is 0 Å². The molecule has 6 nitrogen and oxygen atoms in total. The fourth-order valence-corrected chi connectivity index (χ4v) is 5.10. The summed E-state index contributed by atoms with van der Waals surface area (Å²) in [6, 6.07) is 20.7. The molecule has 0 aromatic heterocycles. The third kappa shape index (κ3) is 3.01. The predicted molar refractivity (Wildman–Crippen MR) is 127 cm³/mol. The largest absolute Gasteiger partial charge is 0.497 e. The summed E-state index contributed by atoms with van der Waals surface area (Å²) in [5, 5.41) is 0. The first-order valence-corrected chi connectivity index (χ1v) is 10.9. The second kappa shape index (κ2) is 8.13. The van der Waals surface area contributed by atoms with Crippen molar-refractivity contribution in [2.24, 2.45) is 0 Å². The zero-order valence-corrected chi connectivity index (χ0v) is 19.6. The summed E-state index contributed by atoms with van der Waals surface area (Å²) in [5.41, 5.74) is 1.79.